The monoisotopic (exact) mass is 323 g/mol. The quantitative estimate of drug-likeness (QED) is 0.404. The zero-order valence-electron chi connectivity index (χ0n) is 12.1. The Morgan fingerprint density at radius 2 is 0.909 bits per heavy atom. The van der Waals surface area contributed by atoms with Crippen LogP contribution in [0.2, 0.25) is 0 Å². The summed E-state index contributed by atoms with van der Waals surface area (Å²) in [6.45, 7) is 0. The first-order chi connectivity index (χ1) is 11.0. The molecular formula is C19H17NS2. The molecule has 0 saturated carbocycles. The second-order valence-electron chi connectivity index (χ2n) is 4.13. The maximum Gasteiger partial charge on any atom is 0.0442 e. The molecular weight excluding hydrogens is 306 g/mol. The molecule has 0 aliphatic heterocycles. The molecule has 0 unspecified atom stereocenters. The molecule has 0 N–H and O–H groups in total. The molecule has 0 spiro atoms. The number of aromatic nitrogens is 1. The summed E-state index contributed by atoms with van der Waals surface area (Å²) in [6, 6.07) is 26.2. The molecule has 3 heterocycles. The van der Waals surface area contributed by atoms with Crippen molar-refractivity contribution in [2.45, 2.75) is 0 Å². The van der Waals surface area contributed by atoms with Crippen molar-refractivity contribution in [3.05, 3.63) is 102 Å². The van der Waals surface area contributed by atoms with Gasteiger partial charge in [-0.2, -0.15) is 0 Å². The summed E-state index contributed by atoms with van der Waals surface area (Å²) in [5.41, 5.74) is 0. The fourth-order valence-corrected chi connectivity index (χ4v) is 3.11. The van der Waals surface area contributed by atoms with Crippen LogP contribution in [0.15, 0.2) is 102 Å². The Balaban J connectivity index is 0.000000128. The van der Waals surface area contributed by atoms with Crippen LogP contribution >= 0.6 is 22.7 Å². The normalized spacial score (nSPS) is 8.91. The predicted octanol–water partition coefficient (Wildman–Crippen LogP) is 6.24. The first-order valence-electron chi connectivity index (χ1n) is 6.89. The Morgan fingerprint density at radius 3 is 1.14 bits per heavy atom. The number of hydrogen-bond acceptors (Lipinski definition) is 3. The predicted molar refractivity (Wildman–Crippen MR) is 98.3 cm³/mol. The number of nitrogens with zero attached hydrogens (tertiary/aromatic N) is 1. The Bertz CT molecular complexity index is 558. The zero-order chi connectivity index (χ0) is 15.3. The van der Waals surface area contributed by atoms with Crippen molar-refractivity contribution in [3.8, 4) is 9.75 Å². The van der Waals surface area contributed by atoms with Crippen LogP contribution in [0.25, 0.3) is 9.75 Å². The molecule has 0 fully saturated rings. The van der Waals surface area contributed by atoms with Crippen molar-refractivity contribution in [1.82, 2.24) is 4.98 Å². The minimum Gasteiger partial charge on any atom is -0.265 e. The van der Waals surface area contributed by atoms with E-state index in [1.165, 1.54) is 9.75 Å². The van der Waals surface area contributed by atoms with Crippen LogP contribution in [0.5, 0.6) is 0 Å². The van der Waals surface area contributed by atoms with Gasteiger partial charge in [-0.15, -0.1) is 22.7 Å². The highest BCUT2D eigenvalue weighted by Gasteiger charge is 1.96. The van der Waals surface area contributed by atoms with Gasteiger partial charge >= 0.3 is 0 Å². The van der Waals surface area contributed by atoms with Gasteiger partial charge in [0.15, 0.2) is 0 Å². The lowest BCUT2D eigenvalue weighted by atomic mass is 10.4. The number of hydrogen-bond donors (Lipinski definition) is 0. The first-order valence-corrected chi connectivity index (χ1v) is 8.65. The highest BCUT2D eigenvalue weighted by Crippen LogP contribution is 2.28. The third kappa shape index (κ3) is 6.48. The summed E-state index contributed by atoms with van der Waals surface area (Å²) in [5, 5.41) is 4.21. The lowest BCUT2D eigenvalue weighted by molar-refractivity contribution is 1.33. The van der Waals surface area contributed by atoms with E-state index in [1.807, 2.05) is 54.6 Å². The standard InChI is InChI=1S/C8H6S2.C6H6.C5H5N/c1-3-7(9-5-1)8-4-2-6-10-8;2*1-2-4-6-5-3-1/h1-6H;1-6H;1-5H. The molecule has 1 aromatic carbocycles. The summed E-state index contributed by atoms with van der Waals surface area (Å²) in [4.78, 5) is 6.53. The van der Waals surface area contributed by atoms with Crippen LogP contribution in [0.3, 0.4) is 0 Å². The van der Waals surface area contributed by atoms with Gasteiger partial charge in [0, 0.05) is 22.1 Å². The molecule has 0 bridgehead atoms. The van der Waals surface area contributed by atoms with Crippen molar-refractivity contribution in [1.29, 1.82) is 0 Å². The van der Waals surface area contributed by atoms with Crippen LogP contribution in [0.4, 0.5) is 0 Å². The minimum atomic E-state index is 1.37. The molecule has 0 aliphatic rings. The van der Waals surface area contributed by atoms with Crippen molar-refractivity contribution >= 4 is 22.7 Å². The molecule has 22 heavy (non-hydrogen) atoms. The summed E-state index contributed by atoms with van der Waals surface area (Å²) < 4.78 is 0. The smallest absolute Gasteiger partial charge is 0.0442 e. The molecule has 0 aliphatic carbocycles. The van der Waals surface area contributed by atoms with Gasteiger partial charge in [0.1, 0.15) is 0 Å². The van der Waals surface area contributed by atoms with Crippen LogP contribution < -0.4 is 0 Å². The van der Waals surface area contributed by atoms with Crippen molar-refractivity contribution in [2.75, 3.05) is 0 Å². The molecule has 0 amide bonds. The Hall–Kier alpha value is -2.23. The highest BCUT2D eigenvalue weighted by atomic mass is 32.1. The zero-order valence-corrected chi connectivity index (χ0v) is 13.7. The van der Waals surface area contributed by atoms with Gasteiger partial charge in [0.25, 0.3) is 0 Å². The molecule has 3 heteroatoms. The van der Waals surface area contributed by atoms with E-state index in [9.17, 15) is 0 Å². The summed E-state index contributed by atoms with van der Waals surface area (Å²) in [5.74, 6) is 0. The summed E-state index contributed by atoms with van der Waals surface area (Å²) >= 11 is 3.58. The van der Waals surface area contributed by atoms with Gasteiger partial charge in [-0.1, -0.05) is 54.6 Å². The van der Waals surface area contributed by atoms with E-state index < -0.39 is 0 Å². The van der Waals surface area contributed by atoms with E-state index in [2.05, 4.69) is 40.0 Å². The van der Waals surface area contributed by atoms with Crippen molar-refractivity contribution < 1.29 is 0 Å². The van der Waals surface area contributed by atoms with Gasteiger partial charge in [-0.25, -0.2) is 0 Å². The van der Waals surface area contributed by atoms with E-state index in [-0.39, 0.29) is 0 Å². The molecule has 0 atom stereocenters. The van der Waals surface area contributed by atoms with Gasteiger partial charge in [-0.05, 0) is 35.0 Å². The maximum absolute atomic E-state index is 3.78. The first kappa shape index (κ1) is 16.1. The highest BCUT2D eigenvalue weighted by molar-refractivity contribution is 7.20. The topological polar surface area (TPSA) is 12.9 Å². The Morgan fingerprint density at radius 1 is 0.500 bits per heavy atom. The number of pyridine rings is 1. The molecule has 1 nitrogen and oxygen atoms in total. The van der Waals surface area contributed by atoms with E-state index in [0.29, 0.717) is 0 Å². The largest absolute Gasteiger partial charge is 0.265 e. The summed E-state index contributed by atoms with van der Waals surface area (Å²) in [6.07, 6.45) is 3.50. The number of thiophene rings is 2. The molecule has 0 radical (unpaired) electrons. The Kier molecular flexibility index (Phi) is 7.70. The number of rotatable bonds is 1. The lowest BCUT2D eigenvalue weighted by Crippen LogP contribution is -1.58. The molecule has 110 valence electrons. The average molecular weight is 323 g/mol. The third-order valence-corrected chi connectivity index (χ3v) is 4.45. The van der Waals surface area contributed by atoms with Gasteiger partial charge in [0.05, 0.1) is 0 Å². The van der Waals surface area contributed by atoms with Gasteiger partial charge < -0.3 is 0 Å². The van der Waals surface area contributed by atoms with Crippen LogP contribution in [0.1, 0.15) is 0 Å². The van der Waals surface area contributed by atoms with Crippen LogP contribution in [-0.4, -0.2) is 4.98 Å². The fraction of sp³-hybridized carbons (Fsp3) is 0. The molecule has 4 aromatic rings. The van der Waals surface area contributed by atoms with Crippen LogP contribution in [-0.2, 0) is 0 Å². The maximum atomic E-state index is 3.78. The lowest BCUT2D eigenvalue weighted by Gasteiger charge is -1.84. The SMILES string of the molecule is c1ccccc1.c1ccncc1.c1csc(-c2cccs2)c1. The average Bonchev–Trinajstić information content (AvgIpc) is 3.32. The molecule has 3 aromatic heterocycles. The second kappa shape index (κ2) is 10.5. The minimum absolute atomic E-state index is 1.37. The van der Waals surface area contributed by atoms with Crippen molar-refractivity contribution in [3.63, 3.8) is 0 Å². The molecule has 0 saturated heterocycles. The fourth-order valence-electron chi connectivity index (χ4n) is 1.54. The second-order valence-corrected chi connectivity index (χ2v) is 6.03. The Labute approximate surface area is 139 Å². The van der Waals surface area contributed by atoms with E-state index in [0.717, 1.165) is 0 Å². The summed E-state index contributed by atoms with van der Waals surface area (Å²) in [7, 11) is 0. The number of benzene rings is 1. The van der Waals surface area contributed by atoms with Crippen molar-refractivity contribution in [2.24, 2.45) is 0 Å². The molecule has 4 rings (SSSR count). The van der Waals surface area contributed by atoms with Crippen LogP contribution in [0, 0.1) is 0 Å². The van der Waals surface area contributed by atoms with E-state index >= 15 is 0 Å². The van der Waals surface area contributed by atoms with E-state index in [1.54, 1.807) is 35.1 Å². The van der Waals surface area contributed by atoms with Gasteiger partial charge in [0.2, 0.25) is 0 Å². The van der Waals surface area contributed by atoms with E-state index in [4.69, 9.17) is 0 Å². The third-order valence-electron chi connectivity index (χ3n) is 2.52. The van der Waals surface area contributed by atoms with Gasteiger partial charge in [-0.3, -0.25) is 4.98 Å².